The molecule has 200 valence electrons. The van der Waals surface area contributed by atoms with E-state index < -0.39 is 35.4 Å². The summed E-state index contributed by atoms with van der Waals surface area (Å²) in [4.78, 5) is 43.8. The molecule has 7 nitrogen and oxygen atoms in total. The third-order valence-corrected chi connectivity index (χ3v) is 8.59. The summed E-state index contributed by atoms with van der Waals surface area (Å²) in [6, 6.07) is 26.7. The number of ketones is 1. The fraction of sp³-hybridized carbons (Fsp3) is 0.188. The molecule has 0 aliphatic carbocycles. The minimum atomic E-state index is -1.78. The van der Waals surface area contributed by atoms with Crippen LogP contribution in [-0.4, -0.2) is 33.3 Å². The van der Waals surface area contributed by atoms with Crippen LogP contribution >= 0.6 is 11.3 Å². The zero-order chi connectivity index (χ0) is 28.4. The molecular formula is C32H27N3O4S. The Balaban J connectivity index is 1.75. The minimum absolute atomic E-state index is 0.254. The molecule has 2 heterocycles. The molecule has 1 aliphatic heterocycles. The van der Waals surface area contributed by atoms with E-state index in [1.165, 1.54) is 23.2 Å². The fourth-order valence-corrected chi connectivity index (χ4v) is 6.64. The summed E-state index contributed by atoms with van der Waals surface area (Å²) in [5, 5.41) is 24.9. The molecule has 1 fully saturated rings. The van der Waals surface area contributed by atoms with Crippen molar-refractivity contribution < 1.29 is 19.5 Å². The summed E-state index contributed by atoms with van der Waals surface area (Å²) in [7, 11) is 0. The summed E-state index contributed by atoms with van der Waals surface area (Å²) >= 11 is 1.36. The summed E-state index contributed by atoms with van der Waals surface area (Å²) in [5.74, 6) is -3.24. The number of rotatable bonds is 6. The number of hydrogen-bond acceptors (Lipinski definition) is 5. The molecule has 40 heavy (non-hydrogen) atoms. The number of urea groups is 1. The number of aryl methyl sites for hydroxylation is 1. The van der Waals surface area contributed by atoms with Crippen LogP contribution in [0.5, 0.6) is 0 Å². The molecule has 5 rings (SSSR count). The number of thiophene rings is 1. The number of nitrogens with one attached hydrogen (secondary N) is 1. The molecule has 8 heteroatoms. The zero-order valence-corrected chi connectivity index (χ0v) is 22.8. The third-order valence-electron chi connectivity index (χ3n) is 7.63. The number of nitrogens with zero attached hydrogens (tertiary/aromatic N) is 2. The van der Waals surface area contributed by atoms with Gasteiger partial charge in [0, 0.05) is 22.0 Å². The van der Waals surface area contributed by atoms with Gasteiger partial charge in [0.05, 0.1) is 23.6 Å². The van der Waals surface area contributed by atoms with Crippen LogP contribution < -0.4 is 5.32 Å². The number of carbonyl (C=O) groups is 3. The van der Waals surface area contributed by atoms with Gasteiger partial charge in [-0.3, -0.25) is 9.69 Å². The quantitative estimate of drug-likeness (QED) is 0.262. The van der Waals surface area contributed by atoms with Crippen LogP contribution in [0.25, 0.3) is 0 Å². The van der Waals surface area contributed by atoms with Gasteiger partial charge in [0.2, 0.25) is 0 Å². The number of nitriles is 1. The molecule has 3 aromatic carbocycles. The highest BCUT2D eigenvalue weighted by atomic mass is 32.1. The number of anilines is 1. The van der Waals surface area contributed by atoms with Crippen molar-refractivity contribution in [3.63, 3.8) is 0 Å². The molecule has 4 atom stereocenters. The third kappa shape index (κ3) is 4.65. The predicted molar refractivity (Wildman–Crippen MR) is 153 cm³/mol. The molecule has 2 N–H and O–H groups in total. The highest BCUT2D eigenvalue weighted by Crippen LogP contribution is 2.57. The van der Waals surface area contributed by atoms with Crippen LogP contribution in [0.15, 0.2) is 96.4 Å². The van der Waals surface area contributed by atoms with Crippen molar-refractivity contribution in [1.29, 1.82) is 5.26 Å². The first-order valence-electron chi connectivity index (χ1n) is 12.8. The SMILES string of the molecule is Cc1ccc(C(=O)C2C(c3ccc(C#N)cc3)N(C(=O)Nc3ccccc3)C(C)(C(=O)O)C2c2cccs2)cc1. The molecule has 1 aromatic heterocycles. The highest BCUT2D eigenvalue weighted by molar-refractivity contribution is 7.10. The number of aliphatic carboxylic acids is 1. The van der Waals surface area contributed by atoms with E-state index in [0.29, 0.717) is 27.3 Å². The van der Waals surface area contributed by atoms with Crippen LogP contribution in [0.3, 0.4) is 0 Å². The average Bonchev–Trinajstić information content (AvgIpc) is 3.58. The molecule has 1 saturated heterocycles. The summed E-state index contributed by atoms with van der Waals surface area (Å²) in [5.41, 5.74) is 1.13. The second-order valence-electron chi connectivity index (χ2n) is 10.0. The number of carbonyl (C=O) groups excluding carboxylic acids is 2. The Morgan fingerprint density at radius 1 is 0.950 bits per heavy atom. The van der Waals surface area contributed by atoms with Crippen molar-refractivity contribution in [3.8, 4) is 6.07 Å². The van der Waals surface area contributed by atoms with Gasteiger partial charge >= 0.3 is 12.0 Å². The van der Waals surface area contributed by atoms with Crippen molar-refractivity contribution in [2.75, 3.05) is 5.32 Å². The number of Topliss-reactive ketones (excluding diaryl/α,β-unsaturated/α-hetero) is 1. The van der Waals surface area contributed by atoms with Crippen molar-refractivity contribution in [2.45, 2.75) is 31.3 Å². The molecule has 1 aliphatic rings. The maximum Gasteiger partial charge on any atom is 0.330 e. The van der Waals surface area contributed by atoms with Crippen LogP contribution in [0.2, 0.25) is 0 Å². The summed E-state index contributed by atoms with van der Waals surface area (Å²) in [6.07, 6.45) is 0. The average molecular weight is 550 g/mol. The van der Waals surface area contributed by atoms with E-state index in [0.717, 1.165) is 5.56 Å². The lowest BCUT2D eigenvalue weighted by Crippen LogP contribution is -2.55. The summed E-state index contributed by atoms with van der Waals surface area (Å²) < 4.78 is 0. The number of hydrogen-bond donors (Lipinski definition) is 2. The van der Waals surface area contributed by atoms with E-state index in [9.17, 15) is 24.8 Å². The smallest absolute Gasteiger partial charge is 0.330 e. The Hall–Kier alpha value is -4.74. The standard InChI is InChI=1S/C32H27N3O4S/c1-20-10-14-23(15-11-20)29(36)26-27(25-9-6-18-40-25)32(2,30(37)38)35(31(39)34-24-7-4-3-5-8-24)28(26)22-16-12-21(19-33)13-17-22/h3-18,26-28H,1-2H3,(H,34,39)(H,37,38). The number of likely N-dealkylation sites (tertiary alicyclic amines) is 1. The van der Waals surface area contributed by atoms with Crippen molar-refractivity contribution in [1.82, 2.24) is 4.90 Å². The van der Waals surface area contributed by atoms with Crippen LogP contribution in [0.4, 0.5) is 10.5 Å². The Morgan fingerprint density at radius 3 is 2.20 bits per heavy atom. The molecule has 0 radical (unpaired) electrons. The Morgan fingerprint density at radius 2 is 1.62 bits per heavy atom. The van der Waals surface area contributed by atoms with E-state index in [-0.39, 0.29) is 5.78 Å². The van der Waals surface area contributed by atoms with Crippen LogP contribution in [0.1, 0.15) is 50.8 Å². The number of carboxylic acid groups (broad SMARTS) is 1. The molecule has 0 spiro atoms. The fourth-order valence-electron chi connectivity index (χ4n) is 5.65. The predicted octanol–water partition coefficient (Wildman–Crippen LogP) is 6.64. The van der Waals surface area contributed by atoms with Crippen LogP contribution in [-0.2, 0) is 4.79 Å². The Kier molecular flexibility index (Phi) is 7.24. The monoisotopic (exact) mass is 549 g/mol. The number of benzene rings is 3. The maximum absolute atomic E-state index is 14.4. The molecule has 0 saturated carbocycles. The lowest BCUT2D eigenvalue weighted by molar-refractivity contribution is -0.148. The molecule has 0 bridgehead atoms. The van der Waals surface area contributed by atoms with Crippen molar-refractivity contribution in [3.05, 3.63) is 124 Å². The van der Waals surface area contributed by atoms with Crippen molar-refractivity contribution in [2.24, 2.45) is 5.92 Å². The molecule has 2 amide bonds. The largest absolute Gasteiger partial charge is 0.479 e. The zero-order valence-electron chi connectivity index (χ0n) is 21.9. The molecule has 4 unspecified atom stereocenters. The molecule has 4 aromatic rings. The maximum atomic E-state index is 14.4. The second-order valence-corrected chi connectivity index (χ2v) is 11.0. The van der Waals surface area contributed by atoms with Crippen molar-refractivity contribution >= 4 is 34.8 Å². The van der Waals surface area contributed by atoms with Gasteiger partial charge in [-0.25, -0.2) is 9.59 Å². The number of para-hydroxylation sites is 1. The van der Waals surface area contributed by atoms with Gasteiger partial charge in [0.1, 0.15) is 5.54 Å². The topological polar surface area (TPSA) is 111 Å². The lowest BCUT2D eigenvalue weighted by atomic mass is 9.74. The Labute approximate surface area is 236 Å². The van der Waals surface area contributed by atoms with Crippen LogP contribution in [0, 0.1) is 24.2 Å². The first-order valence-corrected chi connectivity index (χ1v) is 13.7. The van der Waals surface area contributed by atoms with Gasteiger partial charge in [-0.2, -0.15) is 5.26 Å². The summed E-state index contributed by atoms with van der Waals surface area (Å²) in [6.45, 7) is 3.44. The first kappa shape index (κ1) is 26.9. The van der Waals surface area contributed by atoms with Gasteiger partial charge in [0.25, 0.3) is 0 Å². The lowest BCUT2D eigenvalue weighted by Gasteiger charge is -2.37. The van der Waals surface area contributed by atoms with E-state index in [4.69, 9.17) is 0 Å². The second kappa shape index (κ2) is 10.8. The van der Waals surface area contributed by atoms with E-state index >= 15 is 0 Å². The van der Waals surface area contributed by atoms with Gasteiger partial charge in [-0.1, -0.05) is 66.2 Å². The van der Waals surface area contributed by atoms with Gasteiger partial charge < -0.3 is 10.4 Å². The first-order chi connectivity index (χ1) is 19.3. The van der Waals surface area contributed by atoms with E-state index in [1.807, 2.05) is 42.6 Å². The number of carboxylic acids is 1. The Bertz CT molecular complexity index is 1580. The minimum Gasteiger partial charge on any atom is -0.479 e. The van der Waals surface area contributed by atoms with E-state index in [1.54, 1.807) is 60.7 Å². The molecular weight excluding hydrogens is 522 g/mol. The van der Waals surface area contributed by atoms with Gasteiger partial charge in [-0.05, 0) is 55.1 Å². The van der Waals surface area contributed by atoms with E-state index in [2.05, 4.69) is 11.4 Å². The number of amides is 2. The highest BCUT2D eigenvalue weighted by Gasteiger charge is 2.65. The van der Waals surface area contributed by atoms with Gasteiger partial charge in [0.15, 0.2) is 5.78 Å². The normalized spacial score (nSPS) is 21.9. The van der Waals surface area contributed by atoms with Gasteiger partial charge in [-0.15, -0.1) is 11.3 Å².